The van der Waals surface area contributed by atoms with E-state index in [9.17, 15) is 9.18 Å². The zero-order chi connectivity index (χ0) is 18.8. The smallest absolute Gasteiger partial charge is 0.313 e. The van der Waals surface area contributed by atoms with E-state index in [1.165, 1.54) is 11.6 Å². The summed E-state index contributed by atoms with van der Waals surface area (Å²) in [4.78, 5) is 16.7. The highest BCUT2D eigenvalue weighted by atomic mass is 19.1. The van der Waals surface area contributed by atoms with Crippen LogP contribution in [0.5, 0.6) is 0 Å². The summed E-state index contributed by atoms with van der Waals surface area (Å²) >= 11 is 0. The maximum absolute atomic E-state index is 13.7. The number of ether oxygens (including phenoxy) is 1. The number of rotatable bonds is 4. The van der Waals surface area contributed by atoms with Gasteiger partial charge >= 0.3 is 5.97 Å². The average molecular weight is 366 g/mol. The highest BCUT2D eigenvalue weighted by Crippen LogP contribution is 2.32. The molecule has 0 saturated carbocycles. The molecular formula is C21H19FN2O3. The summed E-state index contributed by atoms with van der Waals surface area (Å²) in [7, 11) is 0. The fourth-order valence-electron chi connectivity index (χ4n) is 3.39. The fraction of sp³-hybridized carbons (Fsp3) is 0.286. The van der Waals surface area contributed by atoms with Crippen LogP contribution < -0.4 is 0 Å². The summed E-state index contributed by atoms with van der Waals surface area (Å²) in [5.41, 5.74) is 3.30. The number of benzene rings is 2. The topological polar surface area (TPSA) is 65.2 Å². The van der Waals surface area contributed by atoms with Gasteiger partial charge in [-0.15, -0.1) is 0 Å². The first-order valence-electron chi connectivity index (χ1n) is 8.95. The highest BCUT2D eigenvalue weighted by molar-refractivity contribution is 5.79. The van der Waals surface area contributed by atoms with Crippen molar-refractivity contribution in [2.75, 3.05) is 0 Å². The predicted octanol–water partition coefficient (Wildman–Crippen LogP) is 4.35. The van der Waals surface area contributed by atoms with Gasteiger partial charge in [0, 0.05) is 5.56 Å². The maximum atomic E-state index is 13.7. The van der Waals surface area contributed by atoms with Crippen molar-refractivity contribution in [3.05, 3.63) is 70.9 Å². The van der Waals surface area contributed by atoms with Gasteiger partial charge in [-0.25, -0.2) is 4.39 Å². The molecule has 5 nitrogen and oxygen atoms in total. The van der Waals surface area contributed by atoms with Crippen LogP contribution >= 0.6 is 0 Å². The minimum absolute atomic E-state index is 0.0984. The Morgan fingerprint density at radius 3 is 3.00 bits per heavy atom. The number of aryl methyl sites for hydroxylation is 2. The molecular weight excluding hydrogens is 347 g/mol. The van der Waals surface area contributed by atoms with Crippen LogP contribution in [0.2, 0.25) is 0 Å². The van der Waals surface area contributed by atoms with E-state index in [0.717, 1.165) is 24.8 Å². The third-order valence-corrected chi connectivity index (χ3v) is 4.89. The monoisotopic (exact) mass is 366 g/mol. The molecule has 0 fully saturated rings. The third-order valence-electron chi connectivity index (χ3n) is 4.89. The Labute approximate surface area is 156 Å². The van der Waals surface area contributed by atoms with Crippen LogP contribution in [-0.4, -0.2) is 16.1 Å². The van der Waals surface area contributed by atoms with Gasteiger partial charge < -0.3 is 9.26 Å². The summed E-state index contributed by atoms with van der Waals surface area (Å²) in [6.07, 6.45) is 2.72. The molecule has 138 valence electrons. The number of esters is 1. The minimum Gasteiger partial charge on any atom is -0.455 e. The van der Waals surface area contributed by atoms with E-state index in [4.69, 9.17) is 9.26 Å². The molecule has 0 radical (unpaired) electrons. The molecule has 3 aromatic rings. The molecule has 1 aliphatic carbocycles. The first-order chi connectivity index (χ1) is 13.1. The van der Waals surface area contributed by atoms with Crippen molar-refractivity contribution in [1.82, 2.24) is 10.1 Å². The van der Waals surface area contributed by atoms with E-state index >= 15 is 0 Å². The molecule has 1 aromatic heterocycles. The molecule has 1 atom stereocenters. The van der Waals surface area contributed by atoms with Crippen LogP contribution in [0, 0.1) is 12.7 Å². The van der Waals surface area contributed by atoms with Gasteiger partial charge in [0.15, 0.2) is 6.61 Å². The Morgan fingerprint density at radius 1 is 1.30 bits per heavy atom. The zero-order valence-corrected chi connectivity index (χ0v) is 14.9. The lowest BCUT2D eigenvalue weighted by molar-refractivity contribution is -0.148. The molecule has 0 bridgehead atoms. The van der Waals surface area contributed by atoms with E-state index in [1.807, 2.05) is 18.2 Å². The average Bonchev–Trinajstić information content (AvgIpc) is 3.17. The van der Waals surface area contributed by atoms with Crippen molar-refractivity contribution in [3.8, 4) is 11.4 Å². The molecule has 0 unspecified atom stereocenters. The summed E-state index contributed by atoms with van der Waals surface area (Å²) in [5, 5.41) is 3.84. The van der Waals surface area contributed by atoms with E-state index < -0.39 is 0 Å². The van der Waals surface area contributed by atoms with E-state index in [1.54, 1.807) is 19.1 Å². The van der Waals surface area contributed by atoms with Gasteiger partial charge in [-0.2, -0.15) is 4.98 Å². The second-order valence-electron chi connectivity index (χ2n) is 6.73. The van der Waals surface area contributed by atoms with Gasteiger partial charge in [0.2, 0.25) is 5.82 Å². The first kappa shape index (κ1) is 17.4. The van der Waals surface area contributed by atoms with Crippen LogP contribution in [0.25, 0.3) is 11.4 Å². The quantitative estimate of drug-likeness (QED) is 0.643. The van der Waals surface area contributed by atoms with Gasteiger partial charge in [-0.05, 0) is 48.9 Å². The van der Waals surface area contributed by atoms with Crippen LogP contribution in [0.15, 0.2) is 47.0 Å². The van der Waals surface area contributed by atoms with Crippen LogP contribution in [-0.2, 0) is 22.6 Å². The normalized spacial score (nSPS) is 16.0. The molecule has 1 heterocycles. The van der Waals surface area contributed by atoms with Crippen molar-refractivity contribution in [3.63, 3.8) is 0 Å². The van der Waals surface area contributed by atoms with Gasteiger partial charge in [-0.1, -0.05) is 41.6 Å². The molecule has 0 amide bonds. The van der Waals surface area contributed by atoms with Crippen molar-refractivity contribution in [1.29, 1.82) is 0 Å². The lowest BCUT2D eigenvalue weighted by atomic mass is 9.83. The number of carbonyl (C=O) groups is 1. The molecule has 0 N–H and O–H groups in total. The van der Waals surface area contributed by atoms with Gasteiger partial charge in [0.05, 0.1) is 5.92 Å². The number of fused-ring (bicyclic) bond motifs is 1. The molecule has 0 aliphatic heterocycles. The Balaban J connectivity index is 1.43. The van der Waals surface area contributed by atoms with Crippen LogP contribution in [0.1, 0.15) is 41.3 Å². The molecule has 4 rings (SSSR count). The Kier molecular flexibility index (Phi) is 4.71. The number of carbonyl (C=O) groups excluding carboxylic acids is 1. The van der Waals surface area contributed by atoms with E-state index in [-0.39, 0.29) is 36.0 Å². The third kappa shape index (κ3) is 3.60. The summed E-state index contributed by atoms with van der Waals surface area (Å²) in [6.45, 7) is 1.59. The van der Waals surface area contributed by atoms with Gasteiger partial charge in [0.25, 0.3) is 5.89 Å². The summed E-state index contributed by atoms with van der Waals surface area (Å²) < 4.78 is 24.2. The van der Waals surface area contributed by atoms with Crippen molar-refractivity contribution < 1.29 is 18.4 Å². The SMILES string of the molecule is Cc1ccc(-c2noc(COC(=O)[C@@H]3CCCc4ccccc43)n2)cc1F. The number of hydrogen-bond donors (Lipinski definition) is 0. The van der Waals surface area contributed by atoms with E-state index in [2.05, 4.69) is 16.2 Å². The number of hydrogen-bond acceptors (Lipinski definition) is 5. The van der Waals surface area contributed by atoms with Crippen molar-refractivity contribution in [2.24, 2.45) is 0 Å². The Morgan fingerprint density at radius 2 is 2.15 bits per heavy atom. The largest absolute Gasteiger partial charge is 0.455 e. The first-order valence-corrected chi connectivity index (χ1v) is 8.95. The molecule has 1 aliphatic rings. The molecule has 2 aromatic carbocycles. The fourth-order valence-corrected chi connectivity index (χ4v) is 3.39. The number of halogens is 1. The predicted molar refractivity (Wildman–Crippen MR) is 96.3 cm³/mol. The van der Waals surface area contributed by atoms with E-state index in [0.29, 0.717) is 11.1 Å². The lowest BCUT2D eigenvalue weighted by Gasteiger charge is -2.23. The molecule has 27 heavy (non-hydrogen) atoms. The number of aromatic nitrogens is 2. The standard InChI is InChI=1S/C21H19FN2O3/c1-13-9-10-15(11-18(13)22)20-23-19(27-24-20)12-26-21(25)17-8-4-6-14-5-2-3-7-16(14)17/h2-3,5,7,9-11,17H,4,6,8,12H2,1H3/t17-/m1/s1. The Hall–Kier alpha value is -3.02. The van der Waals surface area contributed by atoms with Crippen molar-refractivity contribution >= 4 is 5.97 Å². The molecule has 0 saturated heterocycles. The van der Waals surface area contributed by atoms with Crippen LogP contribution in [0.4, 0.5) is 4.39 Å². The second kappa shape index (κ2) is 7.31. The second-order valence-corrected chi connectivity index (χ2v) is 6.73. The van der Waals surface area contributed by atoms with Gasteiger partial charge in [0.1, 0.15) is 5.82 Å². The minimum atomic E-state index is -0.332. The highest BCUT2D eigenvalue weighted by Gasteiger charge is 2.27. The van der Waals surface area contributed by atoms with Crippen molar-refractivity contribution in [2.45, 2.75) is 38.7 Å². The van der Waals surface area contributed by atoms with Gasteiger partial charge in [-0.3, -0.25) is 4.79 Å². The zero-order valence-electron chi connectivity index (χ0n) is 14.9. The summed E-state index contributed by atoms with van der Waals surface area (Å²) in [6, 6.07) is 12.7. The molecule has 6 heteroatoms. The Bertz CT molecular complexity index is 983. The van der Waals surface area contributed by atoms with Crippen LogP contribution in [0.3, 0.4) is 0 Å². The lowest BCUT2D eigenvalue weighted by Crippen LogP contribution is -2.20. The maximum Gasteiger partial charge on any atom is 0.313 e. The summed E-state index contributed by atoms with van der Waals surface area (Å²) in [5.74, 6) is -0.431. The molecule has 0 spiro atoms. The number of nitrogens with zero attached hydrogens (tertiary/aromatic N) is 2.